The number of carbonyl (C=O) groups excluding carboxylic acids is 1. The molecule has 3 nitrogen and oxygen atoms in total. The highest BCUT2D eigenvalue weighted by atomic mass is 35.5. The molecule has 1 atom stereocenters. The summed E-state index contributed by atoms with van der Waals surface area (Å²) in [6, 6.07) is 8.45. The second-order valence-electron chi connectivity index (χ2n) is 5.46. The van der Waals surface area contributed by atoms with E-state index >= 15 is 0 Å². The number of hydrogen-bond donors (Lipinski definition) is 2. The molecule has 1 aromatic carbocycles. The van der Waals surface area contributed by atoms with Crippen molar-refractivity contribution in [3.05, 3.63) is 35.4 Å². The molecule has 4 heteroatoms. The highest BCUT2D eigenvalue weighted by Gasteiger charge is 2.38. The van der Waals surface area contributed by atoms with Crippen LogP contribution in [0.3, 0.4) is 0 Å². The molecule has 0 aromatic heterocycles. The SMILES string of the molecule is CCC1(C(=O)NCCc2cccc(C)c2)CCCN1.Cl. The van der Waals surface area contributed by atoms with E-state index in [2.05, 4.69) is 48.7 Å². The molecule has 2 rings (SSSR count). The number of hydrogen-bond acceptors (Lipinski definition) is 2. The van der Waals surface area contributed by atoms with Crippen LogP contribution in [0.25, 0.3) is 0 Å². The monoisotopic (exact) mass is 296 g/mol. The number of carbonyl (C=O) groups is 1. The van der Waals surface area contributed by atoms with Gasteiger partial charge in [0.25, 0.3) is 0 Å². The average Bonchev–Trinajstić information content (AvgIpc) is 2.89. The second kappa shape index (κ2) is 7.65. The smallest absolute Gasteiger partial charge is 0.240 e. The molecular formula is C16H25ClN2O. The van der Waals surface area contributed by atoms with Crippen LogP contribution < -0.4 is 10.6 Å². The zero-order valence-electron chi connectivity index (χ0n) is 12.4. The molecule has 2 N–H and O–H groups in total. The van der Waals surface area contributed by atoms with Gasteiger partial charge in [0.05, 0.1) is 5.54 Å². The first-order chi connectivity index (χ1) is 9.16. The molecule has 1 fully saturated rings. The summed E-state index contributed by atoms with van der Waals surface area (Å²) < 4.78 is 0. The van der Waals surface area contributed by atoms with Crippen molar-refractivity contribution < 1.29 is 4.79 Å². The normalized spacial score (nSPS) is 21.3. The van der Waals surface area contributed by atoms with Gasteiger partial charge in [-0.2, -0.15) is 0 Å². The van der Waals surface area contributed by atoms with Crippen molar-refractivity contribution in [2.75, 3.05) is 13.1 Å². The predicted octanol–water partition coefficient (Wildman–Crippen LogP) is 2.61. The van der Waals surface area contributed by atoms with Gasteiger partial charge in [-0.1, -0.05) is 36.8 Å². The largest absolute Gasteiger partial charge is 0.354 e. The van der Waals surface area contributed by atoms with Gasteiger partial charge in [-0.05, 0) is 44.7 Å². The van der Waals surface area contributed by atoms with E-state index < -0.39 is 0 Å². The third-order valence-corrected chi connectivity index (χ3v) is 4.06. The third-order valence-electron chi connectivity index (χ3n) is 4.06. The van der Waals surface area contributed by atoms with Gasteiger partial charge in [-0.3, -0.25) is 4.79 Å². The molecular weight excluding hydrogens is 272 g/mol. The summed E-state index contributed by atoms with van der Waals surface area (Å²) in [5.41, 5.74) is 2.24. The maximum atomic E-state index is 12.3. The van der Waals surface area contributed by atoms with Crippen LogP contribution in [0.4, 0.5) is 0 Å². The summed E-state index contributed by atoms with van der Waals surface area (Å²) in [6.07, 6.45) is 3.81. The van der Waals surface area contributed by atoms with E-state index in [0.29, 0.717) is 6.54 Å². The van der Waals surface area contributed by atoms with Gasteiger partial charge in [-0.15, -0.1) is 12.4 Å². The Morgan fingerprint density at radius 3 is 2.85 bits per heavy atom. The van der Waals surface area contributed by atoms with E-state index in [1.807, 2.05) is 0 Å². The summed E-state index contributed by atoms with van der Waals surface area (Å²) in [7, 11) is 0. The lowest BCUT2D eigenvalue weighted by molar-refractivity contribution is -0.127. The zero-order chi connectivity index (χ0) is 13.7. The quantitative estimate of drug-likeness (QED) is 0.877. The molecule has 1 aliphatic heterocycles. The molecule has 0 saturated carbocycles. The van der Waals surface area contributed by atoms with Crippen molar-refractivity contribution in [1.82, 2.24) is 10.6 Å². The zero-order valence-corrected chi connectivity index (χ0v) is 13.2. The van der Waals surface area contributed by atoms with Gasteiger partial charge in [0.2, 0.25) is 5.91 Å². The molecule has 0 spiro atoms. The van der Waals surface area contributed by atoms with Crippen molar-refractivity contribution >= 4 is 18.3 Å². The van der Waals surface area contributed by atoms with Crippen LogP contribution >= 0.6 is 12.4 Å². The molecule has 1 unspecified atom stereocenters. The predicted molar refractivity (Wildman–Crippen MR) is 85.4 cm³/mol. The second-order valence-corrected chi connectivity index (χ2v) is 5.46. The van der Waals surface area contributed by atoms with Crippen molar-refractivity contribution in [1.29, 1.82) is 0 Å². The number of halogens is 1. The standard InChI is InChI=1S/C16H24N2O.ClH/c1-3-16(9-5-10-18-16)15(19)17-11-8-14-7-4-6-13(2)12-14;/h4,6-7,12,18H,3,5,8-11H2,1-2H3,(H,17,19);1H. The summed E-state index contributed by atoms with van der Waals surface area (Å²) in [5, 5.41) is 6.45. The van der Waals surface area contributed by atoms with Gasteiger partial charge in [0, 0.05) is 6.54 Å². The van der Waals surface area contributed by atoms with Crippen LogP contribution in [-0.4, -0.2) is 24.5 Å². The minimum Gasteiger partial charge on any atom is -0.354 e. The van der Waals surface area contributed by atoms with Crippen LogP contribution in [-0.2, 0) is 11.2 Å². The Kier molecular flexibility index (Phi) is 6.50. The van der Waals surface area contributed by atoms with Gasteiger partial charge in [0.15, 0.2) is 0 Å². The summed E-state index contributed by atoms with van der Waals surface area (Å²) in [5.74, 6) is 0.167. The number of aryl methyl sites for hydroxylation is 1. The molecule has 0 radical (unpaired) electrons. The molecule has 1 heterocycles. The van der Waals surface area contributed by atoms with Crippen molar-refractivity contribution in [3.8, 4) is 0 Å². The van der Waals surface area contributed by atoms with Crippen molar-refractivity contribution in [2.24, 2.45) is 0 Å². The van der Waals surface area contributed by atoms with Gasteiger partial charge >= 0.3 is 0 Å². The lowest BCUT2D eigenvalue weighted by atomic mass is 9.93. The summed E-state index contributed by atoms with van der Waals surface area (Å²) in [6.45, 7) is 5.85. The molecule has 1 aliphatic rings. The fraction of sp³-hybridized carbons (Fsp3) is 0.562. The van der Waals surface area contributed by atoms with Crippen LogP contribution in [0.1, 0.15) is 37.3 Å². The fourth-order valence-electron chi connectivity index (χ4n) is 2.82. The van der Waals surface area contributed by atoms with E-state index in [-0.39, 0.29) is 23.9 Å². The van der Waals surface area contributed by atoms with Crippen LogP contribution in [0, 0.1) is 6.92 Å². The number of nitrogens with one attached hydrogen (secondary N) is 2. The third kappa shape index (κ3) is 3.97. The van der Waals surface area contributed by atoms with Crippen molar-refractivity contribution in [3.63, 3.8) is 0 Å². The Hall–Kier alpha value is -1.06. The molecule has 0 bridgehead atoms. The maximum absolute atomic E-state index is 12.3. The average molecular weight is 297 g/mol. The maximum Gasteiger partial charge on any atom is 0.240 e. The molecule has 20 heavy (non-hydrogen) atoms. The lowest BCUT2D eigenvalue weighted by Gasteiger charge is -2.26. The van der Waals surface area contributed by atoms with E-state index in [0.717, 1.165) is 32.2 Å². The highest BCUT2D eigenvalue weighted by Crippen LogP contribution is 2.22. The molecule has 1 saturated heterocycles. The Morgan fingerprint density at radius 1 is 1.45 bits per heavy atom. The first-order valence-electron chi connectivity index (χ1n) is 7.25. The topological polar surface area (TPSA) is 41.1 Å². The summed E-state index contributed by atoms with van der Waals surface area (Å²) >= 11 is 0. The van der Waals surface area contributed by atoms with Crippen LogP contribution in [0.15, 0.2) is 24.3 Å². The highest BCUT2D eigenvalue weighted by molar-refractivity contribution is 5.86. The Bertz CT molecular complexity index is 442. The Morgan fingerprint density at radius 2 is 2.25 bits per heavy atom. The lowest BCUT2D eigenvalue weighted by Crippen LogP contribution is -2.53. The van der Waals surface area contributed by atoms with Gasteiger partial charge in [-0.25, -0.2) is 0 Å². The van der Waals surface area contributed by atoms with Crippen molar-refractivity contribution in [2.45, 2.75) is 45.1 Å². The molecule has 1 amide bonds. The first kappa shape index (κ1) is 17.0. The van der Waals surface area contributed by atoms with Crippen LogP contribution in [0.2, 0.25) is 0 Å². The van der Waals surface area contributed by atoms with E-state index in [4.69, 9.17) is 0 Å². The Labute approximate surface area is 127 Å². The minimum absolute atomic E-state index is 0. The van der Waals surface area contributed by atoms with E-state index in [9.17, 15) is 4.79 Å². The molecule has 1 aromatic rings. The molecule has 112 valence electrons. The number of rotatable bonds is 5. The minimum atomic E-state index is -0.313. The first-order valence-corrected chi connectivity index (χ1v) is 7.25. The van der Waals surface area contributed by atoms with Crippen LogP contribution in [0.5, 0.6) is 0 Å². The van der Waals surface area contributed by atoms with E-state index in [1.165, 1.54) is 11.1 Å². The number of benzene rings is 1. The fourth-order valence-corrected chi connectivity index (χ4v) is 2.82. The van der Waals surface area contributed by atoms with Gasteiger partial charge in [0.1, 0.15) is 0 Å². The van der Waals surface area contributed by atoms with E-state index in [1.54, 1.807) is 0 Å². The Balaban J connectivity index is 0.00000200. The molecule has 0 aliphatic carbocycles. The number of amides is 1. The van der Waals surface area contributed by atoms with Gasteiger partial charge < -0.3 is 10.6 Å². The summed E-state index contributed by atoms with van der Waals surface area (Å²) in [4.78, 5) is 12.3.